The molecule has 2 aliphatic rings. The molecule has 3 N–H and O–H groups in total. The molecule has 57 heavy (non-hydrogen) atoms. The third-order valence-corrected chi connectivity index (χ3v) is 12.0. The van der Waals surface area contributed by atoms with E-state index in [1.807, 2.05) is 30.3 Å². The summed E-state index contributed by atoms with van der Waals surface area (Å²) in [6, 6.07) is 25.2. The number of benzene rings is 4. The third kappa shape index (κ3) is 10.5. The number of unbranched alkanes of at least 4 members (excludes halogenated alkanes) is 1. The Balaban J connectivity index is 1.03. The average Bonchev–Trinajstić information content (AvgIpc) is 3.56. The average molecular weight is 823 g/mol. The van der Waals surface area contributed by atoms with Crippen molar-refractivity contribution in [1.82, 2.24) is 25.0 Å². The molecular formula is C44H48Cl2F3N5O3. The minimum Gasteiger partial charge on any atom is -0.508 e. The minimum atomic E-state index is -4.77. The van der Waals surface area contributed by atoms with Crippen LogP contribution in [0.3, 0.4) is 0 Å². The number of phenolic OH excluding ortho intramolecular Hbond substituents is 1. The van der Waals surface area contributed by atoms with Crippen molar-refractivity contribution in [2.45, 2.75) is 70.2 Å². The molecule has 2 aliphatic heterocycles. The smallest absolute Gasteiger partial charge is 0.508 e. The van der Waals surface area contributed by atoms with Gasteiger partial charge in [0, 0.05) is 97.1 Å². The number of piperidine rings is 1. The zero-order chi connectivity index (χ0) is 40.0. The molecule has 0 unspecified atom stereocenters. The number of carbonyl (C=O) groups excluding carboxylic acids is 1. The van der Waals surface area contributed by atoms with Crippen LogP contribution in [0.25, 0.3) is 22.0 Å². The van der Waals surface area contributed by atoms with Crippen molar-refractivity contribution in [2.75, 3.05) is 39.3 Å². The van der Waals surface area contributed by atoms with Gasteiger partial charge in [-0.1, -0.05) is 59.6 Å². The van der Waals surface area contributed by atoms with Crippen LogP contribution in [0.4, 0.5) is 13.2 Å². The third-order valence-electron chi connectivity index (χ3n) is 11.3. The Kier molecular flexibility index (Phi) is 13.1. The molecule has 3 heterocycles. The van der Waals surface area contributed by atoms with Gasteiger partial charge in [0.15, 0.2) is 5.78 Å². The number of nitrogens with one attached hydrogen (secondary N) is 2. The van der Waals surface area contributed by atoms with E-state index in [4.69, 9.17) is 23.2 Å². The fourth-order valence-electron chi connectivity index (χ4n) is 8.06. The normalized spacial score (nSPS) is 16.6. The van der Waals surface area contributed by atoms with Crippen LogP contribution in [0.15, 0.2) is 91.1 Å². The standard InChI is InChI=1S/C44H48Cl2F3N5O3/c45-39-4-3-5-40(46)38(39)29-53-24-22-52(23-25-53)28-32-9-16-41-36(26-32)37(33-10-14-35(15-11-33)57-44(47,48)49)30-54(41)21-2-1-6-42(56)43(17-19-50-20-18-43)51-27-31-7-12-34(55)13-8-31/h3-5,7-16,26,30,50-51,55H,1-2,6,17-25,27-29H2. The van der Waals surface area contributed by atoms with Gasteiger partial charge in [-0.05, 0) is 104 Å². The number of aromatic hydroxyl groups is 1. The fraction of sp³-hybridized carbons (Fsp3) is 0.386. The zero-order valence-corrected chi connectivity index (χ0v) is 33.3. The van der Waals surface area contributed by atoms with Crippen LogP contribution in [0.5, 0.6) is 11.5 Å². The van der Waals surface area contributed by atoms with Crippen molar-refractivity contribution in [2.24, 2.45) is 0 Å². The van der Waals surface area contributed by atoms with Gasteiger partial charge in [0.25, 0.3) is 0 Å². The summed E-state index contributed by atoms with van der Waals surface area (Å²) in [4.78, 5) is 18.6. The first-order valence-electron chi connectivity index (χ1n) is 19.6. The number of Topliss-reactive ketones (excluding diaryl/α,β-unsaturated/α-hetero) is 1. The molecular weight excluding hydrogens is 774 g/mol. The summed E-state index contributed by atoms with van der Waals surface area (Å²) in [5.41, 5.74) is 5.27. The number of rotatable bonds is 15. The van der Waals surface area contributed by atoms with E-state index < -0.39 is 11.9 Å². The summed E-state index contributed by atoms with van der Waals surface area (Å²) in [5.74, 6) is 0.172. The van der Waals surface area contributed by atoms with Crippen molar-refractivity contribution >= 4 is 39.9 Å². The van der Waals surface area contributed by atoms with Gasteiger partial charge in [0.2, 0.25) is 0 Å². The van der Waals surface area contributed by atoms with E-state index in [1.54, 1.807) is 24.3 Å². The summed E-state index contributed by atoms with van der Waals surface area (Å²) >= 11 is 12.9. The molecule has 2 saturated heterocycles. The van der Waals surface area contributed by atoms with Crippen LogP contribution >= 0.6 is 23.2 Å². The van der Waals surface area contributed by atoms with Gasteiger partial charge in [0.05, 0.1) is 5.54 Å². The maximum atomic E-state index is 13.8. The highest BCUT2D eigenvalue weighted by Crippen LogP contribution is 2.35. The second kappa shape index (κ2) is 18.2. The highest BCUT2D eigenvalue weighted by Gasteiger charge is 2.38. The van der Waals surface area contributed by atoms with E-state index >= 15 is 0 Å². The van der Waals surface area contributed by atoms with Gasteiger partial charge < -0.3 is 25.0 Å². The second-order valence-electron chi connectivity index (χ2n) is 15.1. The first kappa shape index (κ1) is 41.1. The summed E-state index contributed by atoms with van der Waals surface area (Å²) in [7, 11) is 0. The number of hydrogen-bond donors (Lipinski definition) is 3. The summed E-state index contributed by atoms with van der Waals surface area (Å²) < 4.78 is 45.1. The number of nitrogens with zero attached hydrogens (tertiary/aromatic N) is 3. The number of halogens is 5. The molecule has 13 heteroatoms. The van der Waals surface area contributed by atoms with Crippen molar-refractivity contribution in [3.63, 3.8) is 0 Å². The predicted molar refractivity (Wildman–Crippen MR) is 220 cm³/mol. The second-order valence-corrected chi connectivity index (χ2v) is 16.0. The van der Waals surface area contributed by atoms with Crippen LogP contribution in [0.2, 0.25) is 10.0 Å². The van der Waals surface area contributed by atoms with E-state index in [1.165, 1.54) is 12.1 Å². The number of aromatic nitrogens is 1. The van der Waals surface area contributed by atoms with E-state index in [9.17, 15) is 23.1 Å². The summed E-state index contributed by atoms with van der Waals surface area (Å²) in [6.45, 7) is 7.77. The van der Waals surface area contributed by atoms with Gasteiger partial charge in [-0.25, -0.2) is 0 Å². The van der Waals surface area contributed by atoms with Gasteiger partial charge in [-0.15, -0.1) is 13.2 Å². The predicted octanol–water partition coefficient (Wildman–Crippen LogP) is 9.19. The Morgan fingerprint density at radius 3 is 2.16 bits per heavy atom. The molecule has 302 valence electrons. The van der Waals surface area contributed by atoms with E-state index in [2.05, 4.69) is 54.1 Å². The highest BCUT2D eigenvalue weighted by molar-refractivity contribution is 6.36. The van der Waals surface area contributed by atoms with Gasteiger partial charge in [-0.3, -0.25) is 14.6 Å². The lowest BCUT2D eigenvalue weighted by molar-refractivity contribution is -0.274. The minimum absolute atomic E-state index is 0.213. The van der Waals surface area contributed by atoms with Crippen LogP contribution in [0, 0.1) is 0 Å². The number of aryl methyl sites for hydroxylation is 1. The van der Waals surface area contributed by atoms with Gasteiger partial charge >= 0.3 is 6.36 Å². The zero-order valence-electron chi connectivity index (χ0n) is 31.8. The molecule has 4 aromatic carbocycles. The Bertz CT molecular complexity index is 2110. The Hall–Kier alpha value is -4.10. The van der Waals surface area contributed by atoms with Crippen LogP contribution < -0.4 is 15.4 Å². The van der Waals surface area contributed by atoms with Crippen molar-refractivity contribution in [3.8, 4) is 22.6 Å². The van der Waals surface area contributed by atoms with Gasteiger partial charge in [-0.2, -0.15) is 0 Å². The molecule has 0 aliphatic carbocycles. The lowest BCUT2D eigenvalue weighted by Gasteiger charge is -2.37. The summed E-state index contributed by atoms with van der Waals surface area (Å²) in [5, 5.41) is 19.0. The van der Waals surface area contributed by atoms with E-state index in [0.29, 0.717) is 36.1 Å². The Morgan fingerprint density at radius 2 is 1.49 bits per heavy atom. The number of ketones is 1. The van der Waals surface area contributed by atoms with Gasteiger partial charge in [0.1, 0.15) is 11.5 Å². The first-order chi connectivity index (χ1) is 27.4. The van der Waals surface area contributed by atoms with Crippen molar-refractivity contribution < 1.29 is 27.8 Å². The molecule has 0 saturated carbocycles. The molecule has 7 rings (SSSR count). The molecule has 0 amide bonds. The number of ether oxygens (including phenoxy) is 1. The SMILES string of the molecule is O=C(CCCCn1cc(-c2ccc(OC(F)(F)F)cc2)c2cc(CN3CCN(Cc4c(Cl)cccc4Cl)CC3)ccc21)C1(NCc2ccc(O)cc2)CCNCC1. The van der Waals surface area contributed by atoms with Crippen molar-refractivity contribution in [3.05, 3.63) is 118 Å². The molecule has 0 bridgehead atoms. The fourth-order valence-corrected chi connectivity index (χ4v) is 8.58. The number of piperazine rings is 1. The lowest BCUT2D eigenvalue weighted by atomic mass is 9.82. The molecule has 0 spiro atoms. The number of fused-ring (bicyclic) bond motifs is 1. The van der Waals surface area contributed by atoms with Crippen LogP contribution in [-0.2, 0) is 31.0 Å². The monoisotopic (exact) mass is 821 g/mol. The maximum absolute atomic E-state index is 13.8. The lowest BCUT2D eigenvalue weighted by Crippen LogP contribution is -2.57. The number of alkyl halides is 3. The number of carbonyl (C=O) groups is 1. The molecule has 1 aromatic heterocycles. The topological polar surface area (TPSA) is 82.0 Å². The van der Waals surface area contributed by atoms with E-state index in [-0.39, 0.29) is 17.3 Å². The van der Waals surface area contributed by atoms with Crippen molar-refractivity contribution in [1.29, 1.82) is 0 Å². The molecule has 2 fully saturated rings. The maximum Gasteiger partial charge on any atom is 0.573 e. The molecule has 5 aromatic rings. The number of hydrogen-bond acceptors (Lipinski definition) is 7. The van der Waals surface area contributed by atoms with Crippen LogP contribution in [-0.4, -0.2) is 76.4 Å². The largest absolute Gasteiger partial charge is 0.573 e. The van der Waals surface area contributed by atoms with Crippen LogP contribution in [0.1, 0.15) is 48.8 Å². The summed E-state index contributed by atoms with van der Waals surface area (Å²) in [6.07, 6.45) is 0.707. The molecule has 0 atom stereocenters. The molecule has 0 radical (unpaired) electrons. The Morgan fingerprint density at radius 1 is 0.842 bits per heavy atom. The highest BCUT2D eigenvalue weighted by atomic mass is 35.5. The van der Waals surface area contributed by atoms with E-state index in [0.717, 1.165) is 110 Å². The molecule has 8 nitrogen and oxygen atoms in total. The Labute approximate surface area is 341 Å². The quantitative estimate of drug-likeness (QED) is 0.0910. The number of phenols is 1. The first-order valence-corrected chi connectivity index (χ1v) is 20.3.